The normalized spacial score (nSPS) is 21.6. The van der Waals surface area contributed by atoms with Gasteiger partial charge < -0.3 is 29.0 Å². The summed E-state index contributed by atoms with van der Waals surface area (Å²) in [6, 6.07) is 6.14. The third kappa shape index (κ3) is 5.00. The maximum absolute atomic E-state index is 13.7. The van der Waals surface area contributed by atoms with Crippen molar-refractivity contribution in [2.45, 2.75) is 50.2 Å². The average molecular weight is 544 g/mol. The van der Waals surface area contributed by atoms with Crippen molar-refractivity contribution in [1.29, 1.82) is 0 Å². The van der Waals surface area contributed by atoms with Crippen molar-refractivity contribution in [1.82, 2.24) is 19.8 Å². The average Bonchev–Trinajstić information content (AvgIpc) is 3.44. The zero-order valence-electron chi connectivity index (χ0n) is 20.7. The topological polar surface area (TPSA) is 110 Å². The van der Waals surface area contributed by atoms with Gasteiger partial charge in [0, 0.05) is 29.7 Å². The Kier molecular flexibility index (Phi) is 6.56. The van der Waals surface area contributed by atoms with Crippen molar-refractivity contribution in [3.8, 4) is 5.75 Å². The van der Waals surface area contributed by atoms with Crippen LogP contribution in [0.25, 0.3) is 11.1 Å². The summed E-state index contributed by atoms with van der Waals surface area (Å²) in [7, 11) is 1.48. The van der Waals surface area contributed by atoms with E-state index in [1.165, 1.54) is 16.9 Å². The molecule has 1 aliphatic carbocycles. The molecule has 3 aromatic rings. The van der Waals surface area contributed by atoms with Gasteiger partial charge in [0.25, 0.3) is 11.9 Å². The van der Waals surface area contributed by atoms with Gasteiger partial charge in [-0.05, 0) is 37.1 Å². The lowest BCUT2D eigenvalue weighted by molar-refractivity contribution is -0.142. The van der Waals surface area contributed by atoms with Crippen LogP contribution in [-0.2, 0) is 16.1 Å². The number of hydrogen-bond acceptors (Lipinski definition) is 8. The number of nitrogens with one attached hydrogen (secondary N) is 1. The fraction of sp³-hybridized carbons (Fsp3) is 0.462. The monoisotopic (exact) mass is 543 g/mol. The van der Waals surface area contributed by atoms with Crippen LogP contribution in [0.4, 0.5) is 10.4 Å². The van der Waals surface area contributed by atoms with Crippen LogP contribution in [-0.4, -0.2) is 82.7 Å². The van der Waals surface area contributed by atoms with Gasteiger partial charge in [-0.2, -0.15) is 4.98 Å². The number of carbonyl (C=O) groups excluding carboxylic acids is 2. The number of alkyl halides is 1. The number of amides is 2. The number of rotatable bonds is 8. The second-order valence-corrected chi connectivity index (χ2v) is 10.3. The van der Waals surface area contributed by atoms with Crippen molar-refractivity contribution in [2.24, 2.45) is 0 Å². The summed E-state index contributed by atoms with van der Waals surface area (Å²) in [6.07, 6.45) is 2.91. The molecule has 38 heavy (non-hydrogen) atoms. The Morgan fingerprint density at radius 1 is 1.21 bits per heavy atom. The van der Waals surface area contributed by atoms with Gasteiger partial charge in [-0.25, -0.2) is 4.39 Å². The molecule has 2 aromatic heterocycles. The van der Waals surface area contributed by atoms with Crippen molar-refractivity contribution >= 4 is 40.5 Å². The quantitative estimate of drug-likeness (QED) is 0.460. The first-order valence-corrected chi connectivity index (χ1v) is 13.0. The van der Waals surface area contributed by atoms with Crippen LogP contribution >= 0.6 is 11.6 Å². The van der Waals surface area contributed by atoms with Gasteiger partial charge in [-0.1, -0.05) is 11.6 Å². The zero-order chi connectivity index (χ0) is 26.4. The summed E-state index contributed by atoms with van der Waals surface area (Å²) in [5.41, 5.74) is 1.81. The first-order chi connectivity index (χ1) is 18.4. The summed E-state index contributed by atoms with van der Waals surface area (Å²) in [5, 5.41) is 3.64. The number of pyridine rings is 1. The highest BCUT2D eigenvalue weighted by Crippen LogP contribution is 2.34. The van der Waals surface area contributed by atoms with E-state index in [1.54, 1.807) is 30.5 Å². The van der Waals surface area contributed by atoms with Crippen LogP contribution in [0.2, 0.25) is 5.02 Å². The minimum atomic E-state index is -1.01. The van der Waals surface area contributed by atoms with Gasteiger partial charge >= 0.3 is 0 Å². The number of aromatic nitrogens is 2. The number of nitrogens with zero attached hydrogens (tertiary/aromatic N) is 4. The van der Waals surface area contributed by atoms with Gasteiger partial charge in [0.05, 0.1) is 44.6 Å². The summed E-state index contributed by atoms with van der Waals surface area (Å²) in [4.78, 5) is 38.6. The molecule has 12 heteroatoms. The van der Waals surface area contributed by atoms with E-state index in [1.807, 2.05) is 0 Å². The van der Waals surface area contributed by atoms with Gasteiger partial charge in [-0.3, -0.25) is 14.6 Å². The first kappa shape index (κ1) is 24.9. The van der Waals surface area contributed by atoms with Crippen LogP contribution in [0, 0.1) is 0 Å². The van der Waals surface area contributed by atoms with Gasteiger partial charge in [0.2, 0.25) is 5.91 Å². The molecule has 2 saturated heterocycles. The molecule has 10 nitrogen and oxygen atoms in total. The Morgan fingerprint density at radius 3 is 2.74 bits per heavy atom. The lowest BCUT2D eigenvalue weighted by atomic mass is 10.1. The van der Waals surface area contributed by atoms with Gasteiger partial charge in [-0.15, -0.1) is 0 Å². The lowest BCUT2D eigenvalue weighted by Crippen LogP contribution is -2.57. The number of carbonyl (C=O) groups is 2. The Hall–Kier alpha value is -3.44. The zero-order valence-corrected chi connectivity index (χ0v) is 21.5. The Balaban J connectivity index is 1.24. The number of methoxy groups -OCH3 is 1. The van der Waals surface area contributed by atoms with E-state index in [9.17, 15) is 14.0 Å². The third-order valence-corrected chi connectivity index (χ3v) is 7.22. The molecule has 1 saturated carbocycles. The third-order valence-electron chi connectivity index (χ3n) is 6.99. The molecular formula is C26H27ClFN5O5. The molecule has 2 unspecified atom stereocenters. The van der Waals surface area contributed by atoms with Crippen LogP contribution in [0.3, 0.4) is 0 Å². The predicted molar refractivity (Wildman–Crippen MR) is 136 cm³/mol. The largest absolute Gasteiger partial charge is 0.493 e. The molecule has 2 aliphatic heterocycles. The maximum atomic E-state index is 13.7. The van der Waals surface area contributed by atoms with E-state index >= 15 is 0 Å². The summed E-state index contributed by atoms with van der Waals surface area (Å²) in [6.45, 7) is 0.740. The number of benzene rings is 1. The summed E-state index contributed by atoms with van der Waals surface area (Å²) >= 11 is 6.03. The van der Waals surface area contributed by atoms with Crippen LogP contribution in [0.5, 0.6) is 5.75 Å². The number of likely N-dealkylation sites (tertiary alicyclic amines) is 2. The maximum Gasteiger partial charge on any atom is 0.296 e. The SMILES string of the molecule is COc1cc(C(=O)N2CC(OC3CC3)CC2C(=O)N2CC(F)C2)cc2nc(NCc3cc(Cl)ccn3)oc12. The minimum absolute atomic E-state index is 0.0602. The summed E-state index contributed by atoms with van der Waals surface area (Å²) < 4.78 is 30.8. The second-order valence-electron chi connectivity index (χ2n) is 9.87. The molecule has 200 valence electrons. The van der Waals surface area contributed by atoms with Crippen molar-refractivity contribution in [3.63, 3.8) is 0 Å². The van der Waals surface area contributed by atoms with E-state index < -0.39 is 12.2 Å². The first-order valence-electron chi connectivity index (χ1n) is 12.6. The van der Waals surface area contributed by atoms with Gasteiger partial charge in [0.15, 0.2) is 11.3 Å². The number of halogens is 2. The number of hydrogen-bond donors (Lipinski definition) is 1. The Bertz CT molecular complexity index is 1380. The molecule has 0 spiro atoms. The molecular weight excluding hydrogens is 517 g/mol. The van der Waals surface area contributed by atoms with E-state index in [4.69, 9.17) is 25.5 Å². The fourth-order valence-electron chi connectivity index (χ4n) is 4.88. The Labute approximate surface area is 223 Å². The standard InChI is InChI=1S/C26H27ClFN5O5/c1-36-22-7-14(6-20-23(22)38-26(31-20)30-10-17-8-15(27)4-5-29-17)24(34)33-13-19(37-18-2-3-18)9-21(33)25(35)32-11-16(28)12-32/h4-8,16,18-19,21H,2-3,9-13H2,1H3,(H,30,31). The van der Waals surface area contributed by atoms with Crippen LogP contribution in [0.1, 0.15) is 35.3 Å². The molecule has 2 atom stereocenters. The molecule has 3 fully saturated rings. The van der Waals surface area contributed by atoms with Crippen molar-refractivity contribution < 1.29 is 27.9 Å². The molecule has 2 amide bonds. The summed E-state index contributed by atoms with van der Waals surface area (Å²) in [5.74, 6) is -0.253. The van der Waals surface area contributed by atoms with Crippen molar-refractivity contribution in [3.05, 3.63) is 46.7 Å². The number of fused-ring (bicyclic) bond motifs is 1. The minimum Gasteiger partial charge on any atom is -0.493 e. The highest BCUT2D eigenvalue weighted by atomic mass is 35.5. The molecule has 3 aliphatic rings. The molecule has 6 rings (SSSR count). The van der Waals surface area contributed by atoms with E-state index in [0.717, 1.165) is 12.8 Å². The highest BCUT2D eigenvalue weighted by Gasteiger charge is 2.46. The van der Waals surface area contributed by atoms with Gasteiger partial charge in [0.1, 0.15) is 17.7 Å². The molecule has 1 aromatic carbocycles. The highest BCUT2D eigenvalue weighted by molar-refractivity contribution is 6.30. The van der Waals surface area contributed by atoms with Crippen LogP contribution < -0.4 is 10.1 Å². The smallest absolute Gasteiger partial charge is 0.296 e. The van der Waals surface area contributed by atoms with E-state index in [2.05, 4.69) is 15.3 Å². The predicted octanol–water partition coefficient (Wildman–Crippen LogP) is 3.44. The molecule has 4 heterocycles. The number of anilines is 1. The fourth-order valence-corrected chi connectivity index (χ4v) is 5.06. The van der Waals surface area contributed by atoms with Crippen LogP contribution in [0.15, 0.2) is 34.9 Å². The van der Waals surface area contributed by atoms with E-state index in [-0.39, 0.29) is 49.7 Å². The second kappa shape index (κ2) is 10.0. The number of oxazole rings is 1. The molecule has 0 radical (unpaired) electrons. The lowest BCUT2D eigenvalue weighted by Gasteiger charge is -2.37. The Morgan fingerprint density at radius 2 is 2.03 bits per heavy atom. The molecule has 1 N–H and O–H groups in total. The van der Waals surface area contributed by atoms with Crippen molar-refractivity contribution in [2.75, 3.05) is 32.1 Å². The molecule has 0 bridgehead atoms. The number of ether oxygens (including phenoxy) is 2. The van der Waals surface area contributed by atoms with E-state index in [0.29, 0.717) is 46.1 Å².